The number of carbonyl (C=O) groups is 2. The topological polar surface area (TPSA) is 63.0 Å². The number of furan rings is 1. The Balaban J connectivity index is 2.67. The molecule has 23 heavy (non-hydrogen) atoms. The Labute approximate surface area is 137 Å². The van der Waals surface area contributed by atoms with Gasteiger partial charge in [-0.3, -0.25) is 9.59 Å². The molecule has 1 amide bonds. The summed E-state index contributed by atoms with van der Waals surface area (Å²) in [6.07, 6.45) is 5.49. The van der Waals surface area contributed by atoms with E-state index in [4.69, 9.17) is 9.15 Å². The fraction of sp³-hybridized carbons (Fsp3) is 0.529. The van der Waals surface area contributed by atoms with Gasteiger partial charge in [0.2, 0.25) is 5.91 Å². The molecule has 1 rings (SSSR count). The highest BCUT2D eigenvalue weighted by Crippen LogP contribution is 2.07. The van der Waals surface area contributed by atoms with Gasteiger partial charge < -0.3 is 19.0 Å². The number of amides is 1. The van der Waals surface area contributed by atoms with E-state index in [1.165, 1.54) is 13.2 Å². The van der Waals surface area contributed by atoms with E-state index >= 15 is 0 Å². The standard InChI is InChI=1S/C17H26N2O4/c1-14(17(21)22-4)13-19(11-6-10-18(2)3)16(20)9-8-15-7-5-12-23-15/h5,7-9,12,14H,6,10-11,13H2,1-4H3/b9-8+. The number of hydrogen-bond donors (Lipinski definition) is 0. The minimum absolute atomic E-state index is 0.143. The number of ether oxygens (including phenoxy) is 1. The summed E-state index contributed by atoms with van der Waals surface area (Å²) >= 11 is 0. The number of methoxy groups -OCH3 is 1. The van der Waals surface area contributed by atoms with E-state index in [1.807, 2.05) is 14.1 Å². The summed E-state index contributed by atoms with van der Waals surface area (Å²) in [5.41, 5.74) is 0. The summed E-state index contributed by atoms with van der Waals surface area (Å²) in [6, 6.07) is 3.54. The fourth-order valence-electron chi connectivity index (χ4n) is 2.12. The lowest BCUT2D eigenvalue weighted by molar-refractivity contribution is -0.146. The molecule has 0 aliphatic rings. The van der Waals surface area contributed by atoms with Gasteiger partial charge in [-0.1, -0.05) is 6.92 Å². The third-order valence-electron chi connectivity index (χ3n) is 3.38. The van der Waals surface area contributed by atoms with Gasteiger partial charge in [0.1, 0.15) is 5.76 Å². The molecule has 0 bridgehead atoms. The van der Waals surface area contributed by atoms with Crippen LogP contribution >= 0.6 is 0 Å². The molecule has 0 aliphatic carbocycles. The van der Waals surface area contributed by atoms with E-state index in [-0.39, 0.29) is 17.8 Å². The molecule has 6 heteroatoms. The SMILES string of the molecule is COC(=O)C(C)CN(CCCN(C)C)C(=O)/C=C/c1ccco1. The highest BCUT2D eigenvalue weighted by atomic mass is 16.5. The van der Waals surface area contributed by atoms with Gasteiger partial charge in [0.25, 0.3) is 0 Å². The van der Waals surface area contributed by atoms with Crippen LogP contribution in [0.1, 0.15) is 19.1 Å². The number of rotatable bonds is 9. The van der Waals surface area contributed by atoms with Crippen LogP contribution in [0.5, 0.6) is 0 Å². The third kappa shape index (κ3) is 7.15. The molecule has 0 aliphatic heterocycles. The first-order chi connectivity index (χ1) is 10.9. The Morgan fingerprint density at radius 2 is 2.09 bits per heavy atom. The zero-order valence-electron chi connectivity index (χ0n) is 14.3. The lowest BCUT2D eigenvalue weighted by Crippen LogP contribution is -2.37. The highest BCUT2D eigenvalue weighted by Gasteiger charge is 2.20. The minimum Gasteiger partial charge on any atom is -0.469 e. The summed E-state index contributed by atoms with van der Waals surface area (Å²) in [5, 5.41) is 0. The summed E-state index contributed by atoms with van der Waals surface area (Å²) in [4.78, 5) is 27.7. The lowest BCUT2D eigenvalue weighted by Gasteiger charge is -2.24. The van der Waals surface area contributed by atoms with Crippen LogP contribution in [0.2, 0.25) is 0 Å². The van der Waals surface area contributed by atoms with Crippen molar-refractivity contribution in [2.24, 2.45) is 5.92 Å². The van der Waals surface area contributed by atoms with Crippen molar-refractivity contribution < 1.29 is 18.7 Å². The molecule has 1 unspecified atom stereocenters. The molecule has 1 heterocycles. The predicted molar refractivity (Wildman–Crippen MR) is 88.7 cm³/mol. The maximum absolute atomic E-state index is 12.4. The van der Waals surface area contributed by atoms with Gasteiger partial charge in [-0.05, 0) is 45.3 Å². The van der Waals surface area contributed by atoms with Crippen molar-refractivity contribution in [2.75, 3.05) is 40.8 Å². The maximum atomic E-state index is 12.4. The van der Waals surface area contributed by atoms with Gasteiger partial charge in [0.05, 0.1) is 19.3 Å². The van der Waals surface area contributed by atoms with Crippen molar-refractivity contribution in [3.05, 3.63) is 30.2 Å². The molecule has 1 aromatic heterocycles. The van der Waals surface area contributed by atoms with E-state index in [2.05, 4.69) is 4.90 Å². The van der Waals surface area contributed by atoms with Gasteiger partial charge in [0, 0.05) is 19.2 Å². The van der Waals surface area contributed by atoms with Crippen LogP contribution in [0, 0.1) is 5.92 Å². The quantitative estimate of drug-likeness (QED) is 0.513. The Bertz CT molecular complexity index is 509. The molecule has 0 spiro atoms. The molecule has 1 atom stereocenters. The van der Waals surface area contributed by atoms with Crippen molar-refractivity contribution in [1.29, 1.82) is 0 Å². The summed E-state index contributed by atoms with van der Waals surface area (Å²) < 4.78 is 9.91. The van der Waals surface area contributed by atoms with Crippen molar-refractivity contribution >= 4 is 18.0 Å². The van der Waals surface area contributed by atoms with E-state index < -0.39 is 0 Å². The lowest BCUT2D eigenvalue weighted by atomic mass is 10.1. The molecule has 0 fully saturated rings. The number of carbonyl (C=O) groups excluding carboxylic acids is 2. The van der Waals surface area contributed by atoms with Crippen molar-refractivity contribution in [2.45, 2.75) is 13.3 Å². The molecule has 128 valence electrons. The van der Waals surface area contributed by atoms with Crippen LogP contribution in [-0.4, -0.2) is 62.5 Å². The van der Waals surface area contributed by atoms with Gasteiger partial charge >= 0.3 is 5.97 Å². The Morgan fingerprint density at radius 1 is 1.35 bits per heavy atom. The van der Waals surface area contributed by atoms with Crippen molar-refractivity contribution in [1.82, 2.24) is 9.80 Å². The number of hydrogen-bond acceptors (Lipinski definition) is 5. The van der Waals surface area contributed by atoms with Crippen LogP contribution in [-0.2, 0) is 14.3 Å². The molecule has 0 aromatic carbocycles. The Morgan fingerprint density at radius 3 is 2.65 bits per heavy atom. The summed E-state index contributed by atoms with van der Waals surface area (Å²) in [7, 11) is 5.33. The number of nitrogens with zero attached hydrogens (tertiary/aromatic N) is 2. The zero-order valence-corrected chi connectivity index (χ0v) is 14.3. The second-order valence-corrected chi connectivity index (χ2v) is 5.71. The van der Waals surface area contributed by atoms with Crippen LogP contribution < -0.4 is 0 Å². The smallest absolute Gasteiger partial charge is 0.310 e. The minimum atomic E-state index is -0.361. The normalized spacial score (nSPS) is 12.6. The fourth-order valence-corrected chi connectivity index (χ4v) is 2.12. The van der Waals surface area contributed by atoms with Crippen molar-refractivity contribution in [3.63, 3.8) is 0 Å². The summed E-state index contributed by atoms with van der Waals surface area (Å²) in [5.74, 6) is -0.200. The second-order valence-electron chi connectivity index (χ2n) is 5.71. The molecule has 0 saturated heterocycles. The first kappa shape index (κ1) is 19.0. The largest absolute Gasteiger partial charge is 0.469 e. The second kappa shape index (κ2) is 9.84. The van der Waals surface area contributed by atoms with Crippen LogP contribution in [0.4, 0.5) is 0 Å². The van der Waals surface area contributed by atoms with E-state index in [1.54, 1.807) is 36.3 Å². The maximum Gasteiger partial charge on any atom is 0.310 e. The molecule has 6 nitrogen and oxygen atoms in total. The van der Waals surface area contributed by atoms with Crippen LogP contribution in [0.3, 0.4) is 0 Å². The van der Waals surface area contributed by atoms with Gasteiger partial charge in [-0.2, -0.15) is 0 Å². The molecular weight excluding hydrogens is 296 g/mol. The van der Waals surface area contributed by atoms with Gasteiger partial charge in [-0.25, -0.2) is 0 Å². The molecule has 1 aromatic rings. The summed E-state index contributed by atoms with van der Waals surface area (Å²) in [6.45, 7) is 3.55. The highest BCUT2D eigenvalue weighted by molar-refractivity contribution is 5.91. The molecule has 0 N–H and O–H groups in total. The average molecular weight is 322 g/mol. The zero-order chi connectivity index (χ0) is 17.2. The predicted octanol–water partition coefficient (Wildman–Crippen LogP) is 1.88. The van der Waals surface area contributed by atoms with E-state index in [9.17, 15) is 9.59 Å². The number of esters is 1. The first-order valence-corrected chi connectivity index (χ1v) is 7.67. The van der Waals surface area contributed by atoms with E-state index in [0.717, 1.165) is 13.0 Å². The third-order valence-corrected chi connectivity index (χ3v) is 3.38. The van der Waals surface area contributed by atoms with E-state index in [0.29, 0.717) is 18.8 Å². The van der Waals surface area contributed by atoms with Crippen LogP contribution in [0.25, 0.3) is 6.08 Å². The molecule has 0 saturated carbocycles. The van der Waals surface area contributed by atoms with Gasteiger partial charge in [0.15, 0.2) is 0 Å². The van der Waals surface area contributed by atoms with Crippen molar-refractivity contribution in [3.8, 4) is 0 Å². The first-order valence-electron chi connectivity index (χ1n) is 7.67. The van der Waals surface area contributed by atoms with Crippen LogP contribution in [0.15, 0.2) is 28.9 Å². The Kier molecular flexibility index (Phi) is 8.11. The average Bonchev–Trinajstić information content (AvgIpc) is 3.03. The molecular formula is C17H26N2O4. The van der Waals surface area contributed by atoms with Gasteiger partial charge in [-0.15, -0.1) is 0 Å². The Hall–Kier alpha value is -2.08. The monoisotopic (exact) mass is 322 g/mol. The molecule has 0 radical (unpaired) electrons.